The first-order valence-electron chi connectivity index (χ1n) is 5.41. The van der Waals surface area contributed by atoms with Crippen molar-refractivity contribution in [3.8, 4) is 0 Å². The van der Waals surface area contributed by atoms with Gasteiger partial charge < -0.3 is 0 Å². The molecule has 0 aliphatic carbocycles. The predicted molar refractivity (Wildman–Crippen MR) is 74.8 cm³/mol. The van der Waals surface area contributed by atoms with Crippen LogP contribution in [0.4, 0.5) is 0 Å². The number of nitrogens with one attached hydrogen (secondary N) is 1. The zero-order valence-electron chi connectivity index (χ0n) is 9.23. The molecule has 94 valence electrons. The fraction of sp³-hybridized carbons (Fsp3) is 0.455. The van der Waals surface area contributed by atoms with E-state index in [-0.39, 0.29) is 0 Å². The molecule has 3 nitrogen and oxygen atoms in total. The summed E-state index contributed by atoms with van der Waals surface area (Å²) in [6.07, 6.45) is 1.10. The monoisotopic (exact) mass is 335 g/mol. The number of benzene rings is 1. The van der Waals surface area contributed by atoms with Crippen LogP contribution in [0, 0.1) is 5.92 Å². The summed E-state index contributed by atoms with van der Waals surface area (Å²) in [5.41, 5.74) is 0. The van der Waals surface area contributed by atoms with Crippen LogP contribution in [0.1, 0.15) is 6.42 Å². The van der Waals surface area contributed by atoms with E-state index in [2.05, 4.69) is 20.7 Å². The molecule has 0 radical (unpaired) electrons. The average Bonchev–Trinajstić information content (AvgIpc) is 2.80. The largest absolute Gasteiger partial charge is 0.241 e. The number of halogens is 1. The lowest BCUT2D eigenvalue weighted by molar-refractivity contribution is 0.545. The van der Waals surface area contributed by atoms with Gasteiger partial charge in [-0.05, 0) is 51.9 Å². The summed E-state index contributed by atoms with van der Waals surface area (Å²) in [5, 5.41) is 0. The van der Waals surface area contributed by atoms with E-state index in [0.717, 1.165) is 17.9 Å². The first kappa shape index (κ1) is 13.4. The number of hydrogen-bond acceptors (Lipinski definition) is 3. The normalized spacial score (nSPS) is 20.6. The van der Waals surface area contributed by atoms with Crippen LogP contribution in [0.15, 0.2) is 33.6 Å². The van der Waals surface area contributed by atoms with Gasteiger partial charge in [-0.25, -0.2) is 13.1 Å². The highest BCUT2D eigenvalue weighted by Gasteiger charge is 2.21. The summed E-state index contributed by atoms with van der Waals surface area (Å²) >= 11 is 5.15. The molecule has 1 aliphatic rings. The zero-order chi connectivity index (χ0) is 12.3. The maximum absolute atomic E-state index is 12.1. The topological polar surface area (TPSA) is 46.2 Å². The van der Waals surface area contributed by atoms with Crippen LogP contribution in [0.3, 0.4) is 0 Å². The molecule has 1 aliphatic heterocycles. The van der Waals surface area contributed by atoms with Crippen LogP contribution >= 0.6 is 27.7 Å². The second kappa shape index (κ2) is 5.73. The standard InChI is InChI=1S/C11H14BrNO2S2/c12-10-3-1-2-4-11(10)17(14,15)13-7-9-5-6-16-8-9/h1-4,9,13H,5-8H2. The molecule has 0 amide bonds. The Morgan fingerprint density at radius 1 is 1.41 bits per heavy atom. The molecule has 2 rings (SSSR count). The smallest absolute Gasteiger partial charge is 0.211 e. The second-order valence-electron chi connectivity index (χ2n) is 4.01. The molecule has 0 aromatic heterocycles. The molecule has 1 N–H and O–H groups in total. The Kier molecular flexibility index (Phi) is 4.52. The molecule has 6 heteroatoms. The third kappa shape index (κ3) is 3.47. The molecule has 1 fully saturated rings. The van der Waals surface area contributed by atoms with E-state index < -0.39 is 10.0 Å². The van der Waals surface area contributed by atoms with Crippen molar-refractivity contribution in [1.29, 1.82) is 0 Å². The molecule has 0 saturated carbocycles. The van der Waals surface area contributed by atoms with Gasteiger partial charge in [-0.3, -0.25) is 0 Å². The van der Waals surface area contributed by atoms with Crippen molar-refractivity contribution in [1.82, 2.24) is 4.72 Å². The highest BCUT2D eigenvalue weighted by atomic mass is 79.9. The lowest BCUT2D eigenvalue weighted by Gasteiger charge is -2.11. The Bertz CT molecular complexity index is 484. The summed E-state index contributed by atoms with van der Waals surface area (Å²) < 4.78 is 27.4. The van der Waals surface area contributed by atoms with Gasteiger partial charge in [0.25, 0.3) is 0 Å². The van der Waals surface area contributed by atoms with E-state index in [0.29, 0.717) is 21.8 Å². The van der Waals surface area contributed by atoms with Crippen LogP contribution < -0.4 is 4.72 Å². The van der Waals surface area contributed by atoms with E-state index in [9.17, 15) is 8.42 Å². The number of thioether (sulfide) groups is 1. The fourth-order valence-electron chi connectivity index (χ4n) is 1.71. The minimum absolute atomic E-state index is 0.311. The Labute approximate surface area is 115 Å². The van der Waals surface area contributed by atoms with E-state index in [1.165, 1.54) is 0 Å². The Morgan fingerprint density at radius 2 is 2.18 bits per heavy atom. The average molecular weight is 336 g/mol. The van der Waals surface area contributed by atoms with Crippen LogP contribution in [-0.2, 0) is 10.0 Å². The summed E-state index contributed by atoms with van der Waals surface area (Å²) in [4.78, 5) is 0.311. The highest BCUT2D eigenvalue weighted by Crippen LogP contribution is 2.24. The molecule has 1 heterocycles. The maximum atomic E-state index is 12.1. The first-order chi connectivity index (χ1) is 8.09. The Balaban J connectivity index is 2.06. The molecular weight excluding hydrogens is 322 g/mol. The second-order valence-corrected chi connectivity index (χ2v) is 7.75. The molecule has 17 heavy (non-hydrogen) atoms. The minimum Gasteiger partial charge on any atom is -0.211 e. The van der Waals surface area contributed by atoms with Gasteiger partial charge in [0.2, 0.25) is 10.0 Å². The van der Waals surface area contributed by atoms with Crippen molar-refractivity contribution in [2.24, 2.45) is 5.92 Å². The van der Waals surface area contributed by atoms with Gasteiger partial charge in [-0.1, -0.05) is 12.1 Å². The SMILES string of the molecule is O=S(=O)(NCC1CCSC1)c1ccccc1Br. The van der Waals surface area contributed by atoms with E-state index in [1.807, 2.05) is 11.8 Å². The van der Waals surface area contributed by atoms with Crippen LogP contribution in [0.5, 0.6) is 0 Å². The minimum atomic E-state index is -3.38. The Hall–Kier alpha value is -0.0400. The number of hydrogen-bond donors (Lipinski definition) is 1. The number of rotatable bonds is 4. The van der Waals surface area contributed by atoms with E-state index >= 15 is 0 Å². The molecule has 1 unspecified atom stereocenters. The molecule has 1 atom stereocenters. The van der Waals surface area contributed by atoms with Crippen molar-refractivity contribution >= 4 is 37.7 Å². The van der Waals surface area contributed by atoms with Gasteiger partial charge in [0.1, 0.15) is 0 Å². The van der Waals surface area contributed by atoms with Gasteiger partial charge in [-0.2, -0.15) is 11.8 Å². The summed E-state index contributed by atoms with van der Waals surface area (Å²) in [5.74, 6) is 2.66. The molecule has 0 spiro atoms. The van der Waals surface area contributed by atoms with E-state index in [1.54, 1.807) is 24.3 Å². The summed E-state index contributed by atoms with van der Waals surface area (Å²) in [6, 6.07) is 6.87. The van der Waals surface area contributed by atoms with Gasteiger partial charge >= 0.3 is 0 Å². The molecule has 1 aromatic carbocycles. The third-order valence-electron chi connectivity index (χ3n) is 2.71. The highest BCUT2D eigenvalue weighted by molar-refractivity contribution is 9.10. The van der Waals surface area contributed by atoms with Crippen LogP contribution in [0.2, 0.25) is 0 Å². The van der Waals surface area contributed by atoms with Crippen molar-refractivity contribution in [3.05, 3.63) is 28.7 Å². The Morgan fingerprint density at radius 3 is 2.82 bits per heavy atom. The van der Waals surface area contributed by atoms with Gasteiger partial charge in [0, 0.05) is 11.0 Å². The van der Waals surface area contributed by atoms with Gasteiger partial charge in [0.15, 0.2) is 0 Å². The van der Waals surface area contributed by atoms with Gasteiger partial charge in [0.05, 0.1) is 4.90 Å². The quantitative estimate of drug-likeness (QED) is 0.919. The lowest BCUT2D eigenvalue weighted by atomic mass is 10.1. The van der Waals surface area contributed by atoms with Crippen molar-refractivity contribution in [2.45, 2.75) is 11.3 Å². The van der Waals surface area contributed by atoms with Crippen LogP contribution in [-0.4, -0.2) is 26.5 Å². The first-order valence-corrected chi connectivity index (χ1v) is 8.84. The third-order valence-corrected chi connectivity index (χ3v) is 6.38. The van der Waals surface area contributed by atoms with Crippen molar-refractivity contribution < 1.29 is 8.42 Å². The fourth-order valence-corrected chi connectivity index (χ4v) is 5.11. The van der Waals surface area contributed by atoms with Crippen LogP contribution in [0.25, 0.3) is 0 Å². The number of sulfonamides is 1. The summed E-state index contributed by atoms with van der Waals surface area (Å²) in [6.45, 7) is 0.538. The molecular formula is C11H14BrNO2S2. The zero-order valence-corrected chi connectivity index (χ0v) is 12.4. The van der Waals surface area contributed by atoms with Gasteiger partial charge in [-0.15, -0.1) is 0 Å². The molecule has 0 bridgehead atoms. The summed E-state index contributed by atoms with van der Waals surface area (Å²) in [7, 11) is -3.38. The molecule has 1 saturated heterocycles. The van der Waals surface area contributed by atoms with Crippen molar-refractivity contribution in [3.63, 3.8) is 0 Å². The molecule has 1 aromatic rings. The lowest BCUT2D eigenvalue weighted by Crippen LogP contribution is -2.29. The predicted octanol–water partition coefficient (Wildman–Crippen LogP) is 2.48. The van der Waals surface area contributed by atoms with Crippen molar-refractivity contribution in [2.75, 3.05) is 18.1 Å². The van der Waals surface area contributed by atoms with E-state index in [4.69, 9.17) is 0 Å². The maximum Gasteiger partial charge on any atom is 0.241 e.